The molecule has 0 atom stereocenters. The lowest BCUT2D eigenvalue weighted by Crippen LogP contribution is -2.45. The molecule has 7 nitrogen and oxygen atoms in total. The smallest absolute Gasteiger partial charge is 0.257 e. The van der Waals surface area contributed by atoms with E-state index in [9.17, 15) is 4.79 Å². The number of aromatic nitrogens is 1. The second-order valence-electron chi connectivity index (χ2n) is 6.64. The van der Waals surface area contributed by atoms with E-state index in [1.807, 2.05) is 12.1 Å². The number of hydrogen-bond donors (Lipinski definition) is 1. The van der Waals surface area contributed by atoms with E-state index in [2.05, 4.69) is 15.2 Å². The molecule has 1 aromatic carbocycles. The van der Waals surface area contributed by atoms with E-state index in [0.29, 0.717) is 30.0 Å². The first-order chi connectivity index (χ1) is 13.2. The molecular weight excluding hydrogens is 344 g/mol. The first-order valence-corrected chi connectivity index (χ1v) is 8.98. The first kappa shape index (κ1) is 17.5. The van der Waals surface area contributed by atoms with Crippen molar-refractivity contribution in [3.05, 3.63) is 53.7 Å². The fourth-order valence-corrected chi connectivity index (χ4v) is 3.40. The molecule has 4 rings (SSSR count). The molecule has 0 unspecified atom stereocenters. The van der Waals surface area contributed by atoms with Crippen LogP contribution in [0.4, 0.5) is 11.5 Å². The Kier molecular flexibility index (Phi) is 4.75. The third-order valence-electron chi connectivity index (χ3n) is 4.94. The number of ether oxygens (including phenoxy) is 2. The van der Waals surface area contributed by atoms with Gasteiger partial charge in [-0.1, -0.05) is 0 Å². The zero-order chi connectivity index (χ0) is 18.7. The Labute approximate surface area is 157 Å². The van der Waals surface area contributed by atoms with Gasteiger partial charge in [-0.2, -0.15) is 5.26 Å². The van der Waals surface area contributed by atoms with Crippen LogP contribution in [0.25, 0.3) is 0 Å². The summed E-state index contributed by atoms with van der Waals surface area (Å²) in [5.74, 6) is 0.208. The summed E-state index contributed by atoms with van der Waals surface area (Å²) in [6, 6.07) is 12.4. The molecule has 2 fully saturated rings. The van der Waals surface area contributed by atoms with E-state index in [1.165, 1.54) is 0 Å². The molecule has 1 amide bonds. The number of carbonyl (C=O) groups is 1. The van der Waals surface area contributed by atoms with Crippen LogP contribution in [0.5, 0.6) is 0 Å². The van der Waals surface area contributed by atoms with Crippen LogP contribution < -0.4 is 10.2 Å². The molecule has 3 heterocycles. The van der Waals surface area contributed by atoms with E-state index in [1.54, 1.807) is 36.5 Å². The number of anilines is 2. The van der Waals surface area contributed by atoms with Crippen LogP contribution >= 0.6 is 0 Å². The molecule has 2 saturated heterocycles. The van der Waals surface area contributed by atoms with Crippen LogP contribution in [0, 0.1) is 11.3 Å². The summed E-state index contributed by atoms with van der Waals surface area (Å²) in [5.41, 5.74) is 1.68. The third-order valence-corrected chi connectivity index (χ3v) is 4.94. The van der Waals surface area contributed by atoms with Gasteiger partial charge in [0.15, 0.2) is 5.79 Å². The van der Waals surface area contributed by atoms with Crippen molar-refractivity contribution in [3.8, 4) is 6.07 Å². The number of piperidine rings is 1. The Hall–Kier alpha value is -2.95. The monoisotopic (exact) mass is 364 g/mol. The van der Waals surface area contributed by atoms with Crippen molar-refractivity contribution in [1.29, 1.82) is 5.26 Å². The minimum absolute atomic E-state index is 0.232. The largest absolute Gasteiger partial charge is 0.356 e. The summed E-state index contributed by atoms with van der Waals surface area (Å²) < 4.78 is 11.5. The van der Waals surface area contributed by atoms with Crippen molar-refractivity contribution < 1.29 is 14.3 Å². The average Bonchev–Trinajstić information content (AvgIpc) is 3.17. The molecule has 1 spiro atoms. The van der Waals surface area contributed by atoms with Crippen molar-refractivity contribution in [2.75, 3.05) is 36.5 Å². The summed E-state index contributed by atoms with van der Waals surface area (Å²) in [6.45, 7) is 2.95. The second kappa shape index (κ2) is 7.35. The number of amides is 1. The summed E-state index contributed by atoms with van der Waals surface area (Å²) in [5, 5.41) is 11.6. The lowest BCUT2D eigenvalue weighted by Gasteiger charge is -2.38. The molecule has 0 aliphatic carbocycles. The van der Waals surface area contributed by atoms with Crippen LogP contribution in [0.15, 0.2) is 42.6 Å². The first-order valence-electron chi connectivity index (χ1n) is 8.98. The van der Waals surface area contributed by atoms with Gasteiger partial charge in [-0.25, -0.2) is 4.98 Å². The van der Waals surface area contributed by atoms with Crippen molar-refractivity contribution in [1.82, 2.24) is 4.98 Å². The molecule has 0 radical (unpaired) electrons. The highest BCUT2D eigenvalue weighted by Gasteiger charge is 2.39. The normalized spacial score (nSPS) is 18.3. The van der Waals surface area contributed by atoms with Crippen LogP contribution in [0.3, 0.4) is 0 Å². The van der Waals surface area contributed by atoms with Crippen molar-refractivity contribution in [2.24, 2.45) is 0 Å². The van der Waals surface area contributed by atoms with Crippen molar-refractivity contribution >= 4 is 17.4 Å². The Morgan fingerprint density at radius 1 is 1.11 bits per heavy atom. The fraction of sp³-hybridized carbons (Fsp3) is 0.350. The number of pyridine rings is 1. The minimum Gasteiger partial charge on any atom is -0.356 e. The van der Waals surface area contributed by atoms with Gasteiger partial charge in [-0.05, 0) is 36.4 Å². The summed E-state index contributed by atoms with van der Waals surface area (Å²) in [4.78, 5) is 19.0. The molecule has 0 bridgehead atoms. The highest BCUT2D eigenvalue weighted by molar-refractivity contribution is 6.04. The molecule has 2 aliphatic rings. The lowest BCUT2D eigenvalue weighted by atomic mass is 10.0. The number of nitrogens with zero attached hydrogens (tertiary/aromatic N) is 3. The van der Waals surface area contributed by atoms with Gasteiger partial charge >= 0.3 is 0 Å². The van der Waals surface area contributed by atoms with Crippen LogP contribution in [0.2, 0.25) is 0 Å². The Bertz CT molecular complexity index is 842. The summed E-state index contributed by atoms with van der Waals surface area (Å²) in [7, 11) is 0. The van der Waals surface area contributed by atoms with Crippen LogP contribution in [-0.2, 0) is 9.47 Å². The molecule has 2 aliphatic heterocycles. The number of carbonyl (C=O) groups excluding carboxylic acids is 1. The Morgan fingerprint density at radius 2 is 1.81 bits per heavy atom. The fourth-order valence-electron chi connectivity index (χ4n) is 3.40. The Balaban J connectivity index is 1.37. The standard InChI is InChI=1S/C20H20N4O3/c21-13-15-1-4-17(5-2-15)23-19(25)16-3-6-18(22-14-16)24-9-7-20(8-10-24)26-11-12-27-20/h1-6,14H,7-12H2,(H,23,25). The van der Waals surface area contributed by atoms with E-state index in [0.717, 1.165) is 31.7 Å². The maximum absolute atomic E-state index is 12.4. The summed E-state index contributed by atoms with van der Waals surface area (Å²) in [6.07, 6.45) is 3.21. The van der Waals surface area contributed by atoms with Crippen molar-refractivity contribution in [2.45, 2.75) is 18.6 Å². The maximum atomic E-state index is 12.4. The average molecular weight is 364 g/mol. The van der Waals surface area contributed by atoms with E-state index < -0.39 is 5.79 Å². The highest BCUT2D eigenvalue weighted by Crippen LogP contribution is 2.32. The van der Waals surface area contributed by atoms with Crippen LogP contribution in [0.1, 0.15) is 28.8 Å². The highest BCUT2D eigenvalue weighted by atomic mass is 16.7. The SMILES string of the molecule is N#Cc1ccc(NC(=O)c2ccc(N3CCC4(CC3)OCCO4)nc2)cc1. The summed E-state index contributed by atoms with van der Waals surface area (Å²) >= 11 is 0. The number of nitriles is 1. The van der Waals surface area contributed by atoms with Gasteiger partial charge in [-0.15, -0.1) is 0 Å². The topological polar surface area (TPSA) is 87.5 Å². The second-order valence-corrected chi connectivity index (χ2v) is 6.64. The van der Waals surface area contributed by atoms with Crippen molar-refractivity contribution in [3.63, 3.8) is 0 Å². The molecule has 0 saturated carbocycles. The minimum atomic E-state index is -0.405. The Morgan fingerprint density at radius 3 is 2.41 bits per heavy atom. The number of hydrogen-bond acceptors (Lipinski definition) is 6. The van der Waals surface area contributed by atoms with Crippen LogP contribution in [-0.4, -0.2) is 43.0 Å². The van der Waals surface area contributed by atoms with Gasteiger partial charge in [0.1, 0.15) is 5.82 Å². The molecule has 1 aromatic heterocycles. The molecule has 7 heteroatoms. The molecule has 1 N–H and O–H groups in total. The van der Waals surface area contributed by atoms with Gasteiger partial charge in [0.05, 0.1) is 30.4 Å². The molecular formula is C20H20N4O3. The van der Waals surface area contributed by atoms with E-state index in [-0.39, 0.29) is 5.91 Å². The molecule has 138 valence electrons. The maximum Gasteiger partial charge on any atom is 0.257 e. The van der Waals surface area contributed by atoms with Gasteiger partial charge in [0.2, 0.25) is 0 Å². The zero-order valence-electron chi connectivity index (χ0n) is 14.9. The molecule has 2 aromatic rings. The zero-order valence-corrected chi connectivity index (χ0v) is 14.9. The number of rotatable bonds is 3. The predicted molar refractivity (Wildman–Crippen MR) is 99.4 cm³/mol. The third kappa shape index (κ3) is 3.77. The lowest BCUT2D eigenvalue weighted by molar-refractivity contribution is -0.169. The van der Waals surface area contributed by atoms with Gasteiger partial charge in [-0.3, -0.25) is 4.79 Å². The predicted octanol–water partition coefficient (Wildman–Crippen LogP) is 2.55. The number of benzene rings is 1. The van der Waals surface area contributed by atoms with E-state index in [4.69, 9.17) is 14.7 Å². The van der Waals surface area contributed by atoms with Gasteiger partial charge in [0, 0.05) is 37.8 Å². The van der Waals surface area contributed by atoms with Gasteiger partial charge in [0.25, 0.3) is 5.91 Å². The quantitative estimate of drug-likeness (QED) is 0.901. The van der Waals surface area contributed by atoms with Gasteiger partial charge < -0.3 is 19.7 Å². The van der Waals surface area contributed by atoms with E-state index >= 15 is 0 Å². The number of nitrogens with one attached hydrogen (secondary N) is 1. The molecule has 27 heavy (non-hydrogen) atoms.